The average molecular weight is 475 g/mol. The van der Waals surface area contributed by atoms with Crippen LogP contribution in [0.25, 0.3) is 22.1 Å². The Morgan fingerprint density at radius 2 is 1.70 bits per heavy atom. The summed E-state index contributed by atoms with van der Waals surface area (Å²) in [7, 11) is 0. The lowest BCUT2D eigenvalue weighted by Gasteiger charge is -2.11. The number of hydrogen-bond donors (Lipinski definition) is 0. The zero-order valence-corrected chi connectivity index (χ0v) is 18.0. The average Bonchev–Trinajstić information content (AvgIpc) is 2.73. The first-order valence-corrected chi connectivity index (χ1v) is 10.1. The first-order valence-electron chi connectivity index (χ1n) is 9.27. The molecule has 8 heteroatoms. The number of benzene rings is 2. The van der Waals surface area contributed by atoms with Gasteiger partial charge in [0.2, 0.25) is 11.2 Å². The molecule has 0 saturated carbocycles. The van der Waals surface area contributed by atoms with Crippen molar-refractivity contribution in [2.24, 2.45) is 0 Å². The lowest BCUT2D eigenvalue weighted by Crippen LogP contribution is -2.16. The van der Waals surface area contributed by atoms with Crippen molar-refractivity contribution in [3.8, 4) is 16.9 Å². The fraction of sp³-hybridized carbons (Fsp3) is 0.227. The summed E-state index contributed by atoms with van der Waals surface area (Å²) < 4.78 is 21.9. The predicted molar refractivity (Wildman–Crippen MR) is 114 cm³/mol. The van der Waals surface area contributed by atoms with Crippen LogP contribution in [0.3, 0.4) is 0 Å². The van der Waals surface area contributed by atoms with E-state index in [0.29, 0.717) is 11.3 Å². The molecule has 1 heterocycles. The van der Waals surface area contributed by atoms with Gasteiger partial charge < -0.3 is 18.6 Å². The van der Waals surface area contributed by atoms with E-state index in [1.165, 1.54) is 12.1 Å². The van der Waals surface area contributed by atoms with Crippen molar-refractivity contribution in [3.63, 3.8) is 0 Å². The van der Waals surface area contributed by atoms with Gasteiger partial charge in [0.25, 0.3) is 0 Å². The Kier molecular flexibility index (Phi) is 6.89. The van der Waals surface area contributed by atoms with Crippen LogP contribution in [-0.2, 0) is 14.3 Å². The van der Waals surface area contributed by atoms with Gasteiger partial charge in [-0.2, -0.15) is 0 Å². The van der Waals surface area contributed by atoms with Gasteiger partial charge in [-0.3, -0.25) is 4.79 Å². The van der Waals surface area contributed by atoms with E-state index in [1.54, 1.807) is 44.2 Å². The number of ether oxygens (including phenoxy) is 3. The lowest BCUT2D eigenvalue weighted by molar-refractivity contribution is -0.145. The van der Waals surface area contributed by atoms with Gasteiger partial charge in [-0.25, -0.2) is 9.59 Å². The van der Waals surface area contributed by atoms with E-state index in [-0.39, 0.29) is 47.5 Å². The molecule has 0 radical (unpaired) electrons. The van der Waals surface area contributed by atoms with Gasteiger partial charge in [-0.05, 0) is 43.7 Å². The highest BCUT2D eigenvalue weighted by atomic mass is 79.9. The van der Waals surface area contributed by atoms with Crippen LogP contribution in [0.4, 0.5) is 0 Å². The van der Waals surface area contributed by atoms with Gasteiger partial charge in [0, 0.05) is 10.5 Å². The molecule has 0 atom stereocenters. The van der Waals surface area contributed by atoms with E-state index in [9.17, 15) is 14.4 Å². The number of fused-ring (bicyclic) bond motifs is 1. The molecule has 0 fully saturated rings. The van der Waals surface area contributed by atoms with Crippen LogP contribution in [0.5, 0.6) is 5.75 Å². The Hall–Kier alpha value is -3.13. The Labute approximate surface area is 180 Å². The van der Waals surface area contributed by atoms with Crippen LogP contribution in [0, 0.1) is 0 Å². The standard InChI is InChI=1S/C22H19BrO7/c1-3-27-18(24)12-29-15-9-10-16-17(11-15)30-21(22(26)28-4-2)19(20(16)25)13-5-7-14(23)8-6-13/h5-11H,3-4,12H2,1-2H3. The van der Waals surface area contributed by atoms with Crippen LogP contribution < -0.4 is 10.2 Å². The van der Waals surface area contributed by atoms with Gasteiger partial charge in [-0.1, -0.05) is 28.1 Å². The predicted octanol–water partition coefficient (Wildman–Crippen LogP) is 4.34. The summed E-state index contributed by atoms with van der Waals surface area (Å²) in [5.41, 5.74) is 0.414. The molecule has 156 valence electrons. The Balaban J connectivity index is 2.10. The first kappa shape index (κ1) is 21.6. The molecule has 2 aromatic carbocycles. The third kappa shape index (κ3) is 4.71. The summed E-state index contributed by atoms with van der Waals surface area (Å²) in [6, 6.07) is 11.5. The molecule has 0 aliphatic heterocycles. The number of carbonyl (C=O) groups excluding carboxylic acids is 2. The van der Waals surface area contributed by atoms with Crippen molar-refractivity contribution in [3.05, 3.63) is 62.9 Å². The van der Waals surface area contributed by atoms with E-state index >= 15 is 0 Å². The number of rotatable bonds is 7. The smallest absolute Gasteiger partial charge is 0.375 e. The fourth-order valence-corrected chi connectivity index (χ4v) is 3.09. The van der Waals surface area contributed by atoms with Crippen molar-refractivity contribution in [2.75, 3.05) is 19.8 Å². The summed E-state index contributed by atoms with van der Waals surface area (Å²) in [5.74, 6) is -1.16. The fourth-order valence-electron chi connectivity index (χ4n) is 2.83. The normalized spacial score (nSPS) is 10.6. The lowest BCUT2D eigenvalue weighted by atomic mass is 10.0. The summed E-state index contributed by atoms with van der Waals surface area (Å²) in [6.07, 6.45) is 0. The minimum absolute atomic E-state index is 0.119. The Bertz CT molecular complexity index is 1130. The van der Waals surface area contributed by atoms with E-state index in [2.05, 4.69) is 15.9 Å². The molecule has 0 N–H and O–H groups in total. The highest BCUT2D eigenvalue weighted by molar-refractivity contribution is 9.10. The van der Waals surface area contributed by atoms with Crippen molar-refractivity contribution in [1.82, 2.24) is 0 Å². The minimum atomic E-state index is -0.743. The molecule has 7 nitrogen and oxygen atoms in total. The summed E-state index contributed by atoms with van der Waals surface area (Å²) in [5, 5.41) is 0.268. The van der Waals surface area contributed by atoms with E-state index in [1.807, 2.05) is 0 Å². The molecule has 0 amide bonds. The largest absolute Gasteiger partial charge is 0.482 e. The number of hydrogen-bond acceptors (Lipinski definition) is 7. The molecule has 0 saturated heterocycles. The van der Waals surface area contributed by atoms with Crippen LogP contribution >= 0.6 is 15.9 Å². The third-order valence-corrected chi connectivity index (χ3v) is 4.65. The second-order valence-electron chi connectivity index (χ2n) is 6.11. The van der Waals surface area contributed by atoms with Crippen molar-refractivity contribution < 1.29 is 28.2 Å². The molecule has 0 aliphatic carbocycles. The van der Waals surface area contributed by atoms with E-state index < -0.39 is 11.9 Å². The van der Waals surface area contributed by atoms with Gasteiger partial charge in [-0.15, -0.1) is 0 Å². The maximum absolute atomic E-state index is 13.2. The molecule has 0 spiro atoms. The van der Waals surface area contributed by atoms with Crippen LogP contribution in [0.2, 0.25) is 0 Å². The Morgan fingerprint density at radius 1 is 1.00 bits per heavy atom. The van der Waals surface area contributed by atoms with Crippen molar-refractivity contribution in [1.29, 1.82) is 0 Å². The quantitative estimate of drug-likeness (QED) is 0.470. The highest BCUT2D eigenvalue weighted by Crippen LogP contribution is 2.28. The molecule has 0 bridgehead atoms. The van der Waals surface area contributed by atoms with Crippen molar-refractivity contribution >= 4 is 38.8 Å². The Morgan fingerprint density at radius 3 is 2.37 bits per heavy atom. The van der Waals surface area contributed by atoms with Gasteiger partial charge >= 0.3 is 11.9 Å². The molecular formula is C22H19BrO7. The van der Waals surface area contributed by atoms with Gasteiger partial charge in [0.05, 0.1) is 24.2 Å². The van der Waals surface area contributed by atoms with Gasteiger partial charge in [0.15, 0.2) is 6.61 Å². The van der Waals surface area contributed by atoms with Crippen LogP contribution in [0.1, 0.15) is 24.4 Å². The third-order valence-electron chi connectivity index (χ3n) is 4.12. The SMILES string of the molecule is CCOC(=O)COc1ccc2c(=O)c(-c3ccc(Br)cc3)c(C(=O)OCC)oc2c1. The maximum atomic E-state index is 13.2. The summed E-state index contributed by atoms with van der Waals surface area (Å²) >= 11 is 3.35. The minimum Gasteiger partial charge on any atom is -0.482 e. The molecule has 3 aromatic rings. The molecule has 30 heavy (non-hydrogen) atoms. The van der Waals surface area contributed by atoms with Gasteiger partial charge in [0.1, 0.15) is 11.3 Å². The molecular weight excluding hydrogens is 456 g/mol. The second kappa shape index (κ2) is 9.58. The number of esters is 2. The maximum Gasteiger partial charge on any atom is 0.375 e. The number of halogens is 1. The molecule has 0 aliphatic rings. The van der Waals surface area contributed by atoms with E-state index in [4.69, 9.17) is 18.6 Å². The van der Waals surface area contributed by atoms with Crippen LogP contribution in [-0.4, -0.2) is 31.8 Å². The monoisotopic (exact) mass is 474 g/mol. The molecule has 1 aromatic heterocycles. The molecule has 0 unspecified atom stereocenters. The van der Waals surface area contributed by atoms with Crippen molar-refractivity contribution in [2.45, 2.75) is 13.8 Å². The zero-order chi connectivity index (χ0) is 21.7. The molecule has 3 rings (SSSR count). The summed E-state index contributed by atoms with van der Waals surface area (Å²) in [6.45, 7) is 3.45. The van der Waals surface area contributed by atoms with Crippen LogP contribution in [0.15, 0.2) is 56.1 Å². The van der Waals surface area contributed by atoms with E-state index in [0.717, 1.165) is 4.47 Å². The zero-order valence-electron chi connectivity index (χ0n) is 16.4. The first-order chi connectivity index (χ1) is 14.4. The summed E-state index contributed by atoms with van der Waals surface area (Å²) in [4.78, 5) is 37.2. The topological polar surface area (TPSA) is 92.0 Å². The number of carbonyl (C=O) groups is 2. The highest BCUT2D eigenvalue weighted by Gasteiger charge is 2.23. The second-order valence-corrected chi connectivity index (χ2v) is 7.03.